The molecule has 16 heavy (non-hydrogen) atoms. The minimum absolute atomic E-state index is 0.230. The number of sulfone groups is 1. The summed E-state index contributed by atoms with van der Waals surface area (Å²) in [5.74, 6) is 0. The Kier molecular flexibility index (Phi) is 4.10. The third kappa shape index (κ3) is 3.61. The van der Waals surface area contributed by atoms with Crippen LogP contribution in [0.25, 0.3) is 0 Å². The van der Waals surface area contributed by atoms with Crippen molar-refractivity contribution in [1.29, 1.82) is 0 Å². The van der Waals surface area contributed by atoms with Crippen molar-refractivity contribution < 1.29 is 8.42 Å². The van der Waals surface area contributed by atoms with Crippen LogP contribution in [0.5, 0.6) is 0 Å². The molecular weight excluding hydrogens is 222 g/mol. The molecule has 1 atom stereocenters. The lowest BCUT2D eigenvalue weighted by Gasteiger charge is -2.17. The Labute approximate surface area is 97.8 Å². The Morgan fingerprint density at radius 2 is 1.56 bits per heavy atom. The van der Waals surface area contributed by atoms with Crippen LogP contribution in [-0.2, 0) is 9.84 Å². The predicted octanol–water partition coefficient (Wildman–Crippen LogP) is 2.15. The van der Waals surface area contributed by atoms with E-state index in [0.29, 0.717) is 10.9 Å². The van der Waals surface area contributed by atoms with Gasteiger partial charge in [0, 0.05) is 18.3 Å². The molecule has 1 unspecified atom stereocenters. The molecule has 0 aliphatic rings. The molecule has 0 radical (unpaired) electrons. The summed E-state index contributed by atoms with van der Waals surface area (Å²) < 4.78 is 22.6. The quantitative estimate of drug-likeness (QED) is 0.878. The predicted molar refractivity (Wildman–Crippen MR) is 66.2 cm³/mol. The summed E-state index contributed by atoms with van der Waals surface area (Å²) >= 11 is 0. The summed E-state index contributed by atoms with van der Waals surface area (Å²) in [5, 5.41) is 3.37. The van der Waals surface area contributed by atoms with Gasteiger partial charge in [0.1, 0.15) is 0 Å². The fraction of sp³-hybridized carbons (Fsp3) is 0.500. The van der Waals surface area contributed by atoms with E-state index in [1.54, 1.807) is 12.1 Å². The molecule has 0 fully saturated rings. The van der Waals surface area contributed by atoms with Crippen LogP contribution in [0.4, 0.5) is 0 Å². The highest BCUT2D eigenvalue weighted by Crippen LogP contribution is 2.16. The SMILES string of the molecule is CC(C)NC(C)c1ccc(S(C)(=O)=O)cc1. The standard InChI is InChI=1S/C12H19NO2S/c1-9(2)13-10(3)11-5-7-12(8-6-11)16(4,14)15/h5-10,13H,1-4H3. The van der Waals surface area contributed by atoms with Gasteiger partial charge >= 0.3 is 0 Å². The summed E-state index contributed by atoms with van der Waals surface area (Å²) in [4.78, 5) is 0.369. The number of hydrogen-bond donors (Lipinski definition) is 1. The summed E-state index contributed by atoms with van der Waals surface area (Å²) in [7, 11) is -3.09. The minimum Gasteiger partial charge on any atom is -0.308 e. The first-order valence-corrected chi connectivity index (χ1v) is 7.26. The van der Waals surface area contributed by atoms with E-state index in [2.05, 4.69) is 26.1 Å². The Morgan fingerprint density at radius 1 is 1.06 bits per heavy atom. The Morgan fingerprint density at radius 3 is 1.94 bits per heavy atom. The van der Waals surface area contributed by atoms with Crippen molar-refractivity contribution in [2.75, 3.05) is 6.26 Å². The largest absolute Gasteiger partial charge is 0.308 e. The average molecular weight is 241 g/mol. The molecule has 0 aliphatic heterocycles. The molecule has 0 heterocycles. The fourth-order valence-electron chi connectivity index (χ4n) is 1.60. The van der Waals surface area contributed by atoms with Gasteiger partial charge in [0.05, 0.1) is 4.90 Å². The topological polar surface area (TPSA) is 46.2 Å². The van der Waals surface area contributed by atoms with Crippen LogP contribution in [0, 0.1) is 0 Å². The normalized spacial score (nSPS) is 14.1. The number of benzene rings is 1. The van der Waals surface area contributed by atoms with Crippen LogP contribution in [0.3, 0.4) is 0 Å². The van der Waals surface area contributed by atoms with E-state index < -0.39 is 9.84 Å². The zero-order valence-electron chi connectivity index (χ0n) is 10.2. The molecule has 0 aliphatic carbocycles. The van der Waals surface area contributed by atoms with Crippen LogP contribution in [0.2, 0.25) is 0 Å². The molecule has 0 aromatic heterocycles. The van der Waals surface area contributed by atoms with E-state index in [0.717, 1.165) is 5.56 Å². The monoisotopic (exact) mass is 241 g/mol. The third-order valence-corrected chi connectivity index (χ3v) is 3.52. The van der Waals surface area contributed by atoms with Crippen LogP contribution < -0.4 is 5.32 Å². The molecule has 0 amide bonds. The smallest absolute Gasteiger partial charge is 0.175 e. The fourth-order valence-corrected chi connectivity index (χ4v) is 2.23. The maximum atomic E-state index is 11.3. The summed E-state index contributed by atoms with van der Waals surface area (Å²) in [6, 6.07) is 7.66. The number of rotatable bonds is 4. The van der Waals surface area contributed by atoms with Crippen LogP contribution >= 0.6 is 0 Å². The molecule has 90 valence electrons. The third-order valence-electron chi connectivity index (χ3n) is 2.39. The second kappa shape index (κ2) is 4.97. The van der Waals surface area contributed by atoms with E-state index in [1.807, 2.05) is 12.1 Å². The van der Waals surface area contributed by atoms with Gasteiger partial charge in [0.25, 0.3) is 0 Å². The van der Waals surface area contributed by atoms with Gasteiger partial charge in [-0.05, 0) is 24.6 Å². The molecular formula is C12H19NO2S. The Balaban J connectivity index is 2.87. The Hall–Kier alpha value is -0.870. The van der Waals surface area contributed by atoms with E-state index in [9.17, 15) is 8.42 Å². The highest BCUT2D eigenvalue weighted by molar-refractivity contribution is 7.90. The van der Waals surface area contributed by atoms with Gasteiger partial charge in [-0.1, -0.05) is 26.0 Å². The van der Waals surface area contributed by atoms with Gasteiger partial charge in [-0.2, -0.15) is 0 Å². The zero-order valence-corrected chi connectivity index (χ0v) is 11.0. The summed E-state index contributed by atoms with van der Waals surface area (Å²) in [6.07, 6.45) is 1.22. The minimum atomic E-state index is -3.09. The highest BCUT2D eigenvalue weighted by atomic mass is 32.2. The molecule has 0 bridgehead atoms. The van der Waals surface area contributed by atoms with Crippen molar-refractivity contribution in [1.82, 2.24) is 5.32 Å². The first-order chi connectivity index (χ1) is 7.30. The zero-order chi connectivity index (χ0) is 12.3. The molecule has 1 N–H and O–H groups in total. The van der Waals surface area contributed by atoms with Crippen molar-refractivity contribution in [2.45, 2.75) is 37.8 Å². The van der Waals surface area contributed by atoms with Crippen molar-refractivity contribution >= 4 is 9.84 Å². The van der Waals surface area contributed by atoms with Crippen molar-refractivity contribution in [2.24, 2.45) is 0 Å². The van der Waals surface area contributed by atoms with Crippen molar-refractivity contribution in [3.8, 4) is 0 Å². The molecule has 1 rings (SSSR count). The lowest BCUT2D eigenvalue weighted by atomic mass is 10.1. The second-order valence-corrected chi connectivity index (χ2v) is 6.40. The van der Waals surface area contributed by atoms with E-state index in [4.69, 9.17) is 0 Å². The lowest BCUT2D eigenvalue weighted by molar-refractivity contribution is 0.506. The molecule has 1 aromatic carbocycles. The second-order valence-electron chi connectivity index (χ2n) is 4.38. The Bertz CT molecular complexity index is 435. The van der Waals surface area contributed by atoms with Gasteiger partial charge in [-0.3, -0.25) is 0 Å². The van der Waals surface area contributed by atoms with Crippen molar-refractivity contribution in [3.05, 3.63) is 29.8 Å². The summed E-state index contributed by atoms with van der Waals surface area (Å²) in [6.45, 7) is 6.23. The van der Waals surface area contributed by atoms with Gasteiger partial charge in [-0.15, -0.1) is 0 Å². The van der Waals surface area contributed by atoms with Crippen molar-refractivity contribution in [3.63, 3.8) is 0 Å². The molecule has 3 nitrogen and oxygen atoms in total. The number of nitrogens with one attached hydrogen (secondary N) is 1. The van der Waals surface area contributed by atoms with Gasteiger partial charge in [0.2, 0.25) is 0 Å². The molecule has 0 saturated heterocycles. The molecule has 0 spiro atoms. The van der Waals surface area contributed by atoms with Crippen LogP contribution in [0.15, 0.2) is 29.2 Å². The van der Waals surface area contributed by atoms with Gasteiger partial charge in [-0.25, -0.2) is 8.42 Å². The van der Waals surface area contributed by atoms with Gasteiger partial charge < -0.3 is 5.32 Å². The highest BCUT2D eigenvalue weighted by Gasteiger charge is 2.09. The average Bonchev–Trinajstić information content (AvgIpc) is 2.15. The van der Waals surface area contributed by atoms with Crippen LogP contribution in [-0.4, -0.2) is 20.7 Å². The first kappa shape index (κ1) is 13.2. The van der Waals surface area contributed by atoms with Gasteiger partial charge in [0.15, 0.2) is 9.84 Å². The van der Waals surface area contributed by atoms with E-state index in [-0.39, 0.29) is 6.04 Å². The first-order valence-electron chi connectivity index (χ1n) is 5.37. The molecule has 0 saturated carbocycles. The van der Waals surface area contributed by atoms with E-state index >= 15 is 0 Å². The van der Waals surface area contributed by atoms with E-state index in [1.165, 1.54) is 6.26 Å². The molecule has 4 heteroatoms. The molecule has 1 aromatic rings. The number of hydrogen-bond acceptors (Lipinski definition) is 3. The maximum absolute atomic E-state index is 11.3. The maximum Gasteiger partial charge on any atom is 0.175 e. The summed E-state index contributed by atoms with van der Waals surface area (Å²) in [5.41, 5.74) is 1.10. The lowest BCUT2D eigenvalue weighted by Crippen LogP contribution is -2.25. The van der Waals surface area contributed by atoms with Crippen LogP contribution in [0.1, 0.15) is 32.4 Å².